The van der Waals surface area contributed by atoms with Crippen molar-refractivity contribution in [3.05, 3.63) is 64.7 Å². The monoisotopic (exact) mass is 289 g/mol. The first kappa shape index (κ1) is 14.9. The lowest BCUT2D eigenvalue weighted by Gasteiger charge is -2.21. The number of ether oxygens (including phenoxy) is 1. The molecule has 2 nitrogen and oxygen atoms in total. The number of nitrogens with one attached hydrogen (secondary N) is 1. The topological polar surface area (TPSA) is 21.3 Å². The van der Waals surface area contributed by atoms with Gasteiger partial charge in [0.05, 0.1) is 5.02 Å². The second-order valence-corrected chi connectivity index (χ2v) is 5.17. The highest BCUT2D eigenvalue weighted by atomic mass is 35.5. The van der Waals surface area contributed by atoms with Gasteiger partial charge in [-0.25, -0.2) is 0 Å². The quantitative estimate of drug-likeness (QED) is 0.852. The van der Waals surface area contributed by atoms with Gasteiger partial charge in [0, 0.05) is 6.54 Å². The van der Waals surface area contributed by atoms with Crippen LogP contribution in [0.3, 0.4) is 0 Å². The molecule has 20 heavy (non-hydrogen) atoms. The van der Waals surface area contributed by atoms with E-state index < -0.39 is 0 Å². The van der Waals surface area contributed by atoms with Crippen LogP contribution in [0.15, 0.2) is 48.5 Å². The fourth-order valence-corrected chi connectivity index (χ4v) is 2.19. The van der Waals surface area contributed by atoms with Crippen molar-refractivity contribution in [1.29, 1.82) is 0 Å². The Morgan fingerprint density at radius 1 is 1.15 bits per heavy atom. The molecule has 0 heterocycles. The predicted molar refractivity (Wildman–Crippen MR) is 84.5 cm³/mol. The normalized spacial score (nSPS) is 12.2. The minimum Gasteiger partial charge on any atom is -0.483 e. The SMILES string of the molecule is CCNCC(Oc1cc(C)ccc1Cl)c1ccccc1. The Balaban J connectivity index is 2.21. The number of aryl methyl sites for hydroxylation is 1. The number of likely N-dealkylation sites (N-methyl/N-ethyl adjacent to an activating group) is 1. The van der Waals surface area contributed by atoms with Crippen LogP contribution in [0.2, 0.25) is 5.02 Å². The van der Waals surface area contributed by atoms with Crippen LogP contribution in [-0.2, 0) is 0 Å². The minimum absolute atomic E-state index is 0.0459. The Labute approximate surface area is 125 Å². The maximum atomic E-state index is 6.22. The fraction of sp³-hybridized carbons (Fsp3) is 0.294. The molecule has 2 rings (SSSR count). The van der Waals surface area contributed by atoms with Crippen LogP contribution in [0.5, 0.6) is 5.75 Å². The van der Waals surface area contributed by atoms with Gasteiger partial charge in [-0.3, -0.25) is 0 Å². The molecule has 2 aromatic rings. The highest BCUT2D eigenvalue weighted by molar-refractivity contribution is 6.32. The first-order valence-electron chi connectivity index (χ1n) is 6.89. The van der Waals surface area contributed by atoms with Crippen molar-refractivity contribution in [2.75, 3.05) is 13.1 Å². The predicted octanol–water partition coefficient (Wildman–Crippen LogP) is 4.38. The summed E-state index contributed by atoms with van der Waals surface area (Å²) in [4.78, 5) is 0. The molecule has 1 N–H and O–H groups in total. The molecular formula is C17H20ClNO. The third kappa shape index (κ3) is 3.99. The molecular weight excluding hydrogens is 270 g/mol. The summed E-state index contributed by atoms with van der Waals surface area (Å²) in [6.45, 7) is 5.78. The Morgan fingerprint density at radius 3 is 2.60 bits per heavy atom. The molecule has 0 aliphatic carbocycles. The molecule has 1 unspecified atom stereocenters. The van der Waals surface area contributed by atoms with Crippen molar-refractivity contribution in [2.24, 2.45) is 0 Å². The first-order chi connectivity index (χ1) is 9.70. The largest absolute Gasteiger partial charge is 0.483 e. The van der Waals surface area contributed by atoms with E-state index in [1.165, 1.54) is 0 Å². The Hall–Kier alpha value is -1.51. The van der Waals surface area contributed by atoms with Crippen LogP contribution in [-0.4, -0.2) is 13.1 Å². The van der Waals surface area contributed by atoms with E-state index in [1.54, 1.807) is 0 Å². The lowest BCUT2D eigenvalue weighted by molar-refractivity contribution is 0.202. The van der Waals surface area contributed by atoms with E-state index in [0.29, 0.717) is 5.02 Å². The first-order valence-corrected chi connectivity index (χ1v) is 7.27. The molecule has 0 saturated heterocycles. The molecule has 1 atom stereocenters. The average Bonchev–Trinajstić information content (AvgIpc) is 2.48. The summed E-state index contributed by atoms with van der Waals surface area (Å²) >= 11 is 6.22. The molecule has 106 valence electrons. The van der Waals surface area contributed by atoms with Gasteiger partial charge in [0.25, 0.3) is 0 Å². The zero-order chi connectivity index (χ0) is 14.4. The summed E-state index contributed by atoms with van der Waals surface area (Å²) in [5, 5.41) is 3.98. The van der Waals surface area contributed by atoms with Crippen molar-refractivity contribution >= 4 is 11.6 Å². The maximum absolute atomic E-state index is 6.22. The summed E-state index contributed by atoms with van der Waals surface area (Å²) in [5.41, 5.74) is 2.28. The van der Waals surface area contributed by atoms with E-state index in [9.17, 15) is 0 Å². The number of benzene rings is 2. The molecule has 0 amide bonds. The summed E-state index contributed by atoms with van der Waals surface area (Å²) in [6.07, 6.45) is -0.0459. The number of hydrogen-bond donors (Lipinski definition) is 1. The minimum atomic E-state index is -0.0459. The van der Waals surface area contributed by atoms with E-state index in [1.807, 2.05) is 43.3 Å². The molecule has 0 spiro atoms. The standard InChI is InChI=1S/C17H20ClNO/c1-3-19-12-17(14-7-5-4-6-8-14)20-16-11-13(2)9-10-15(16)18/h4-11,17,19H,3,12H2,1-2H3. The van der Waals surface area contributed by atoms with Crippen LogP contribution >= 0.6 is 11.6 Å². The van der Waals surface area contributed by atoms with Gasteiger partial charge in [0.1, 0.15) is 11.9 Å². The summed E-state index contributed by atoms with van der Waals surface area (Å²) < 4.78 is 6.12. The van der Waals surface area contributed by atoms with E-state index in [4.69, 9.17) is 16.3 Å². The van der Waals surface area contributed by atoms with E-state index in [-0.39, 0.29) is 6.10 Å². The smallest absolute Gasteiger partial charge is 0.139 e. The second kappa shape index (κ2) is 7.32. The van der Waals surface area contributed by atoms with Crippen LogP contribution in [0.4, 0.5) is 0 Å². The molecule has 0 aliphatic rings. The third-order valence-electron chi connectivity index (χ3n) is 3.11. The molecule has 0 radical (unpaired) electrons. The highest BCUT2D eigenvalue weighted by Crippen LogP contribution is 2.29. The molecule has 3 heteroatoms. The number of rotatable bonds is 6. The van der Waals surface area contributed by atoms with Crippen LogP contribution in [0.25, 0.3) is 0 Å². The molecule has 0 fully saturated rings. The third-order valence-corrected chi connectivity index (χ3v) is 3.42. The van der Waals surface area contributed by atoms with Gasteiger partial charge in [-0.2, -0.15) is 0 Å². The molecule has 2 aromatic carbocycles. The fourth-order valence-electron chi connectivity index (χ4n) is 2.02. The Morgan fingerprint density at radius 2 is 1.90 bits per heavy atom. The molecule has 0 saturated carbocycles. The lowest BCUT2D eigenvalue weighted by Crippen LogP contribution is -2.25. The van der Waals surface area contributed by atoms with Crippen LogP contribution in [0.1, 0.15) is 24.2 Å². The zero-order valence-corrected chi connectivity index (χ0v) is 12.7. The molecule has 0 aromatic heterocycles. The van der Waals surface area contributed by atoms with E-state index >= 15 is 0 Å². The summed E-state index contributed by atoms with van der Waals surface area (Å²) in [5.74, 6) is 0.735. The van der Waals surface area contributed by atoms with Gasteiger partial charge >= 0.3 is 0 Å². The van der Waals surface area contributed by atoms with Gasteiger partial charge in [0.15, 0.2) is 0 Å². The van der Waals surface area contributed by atoms with E-state index in [0.717, 1.165) is 30.0 Å². The van der Waals surface area contributed by atoms with Gasteiger partial charge in [0.2, 0.25) is 0 Å². The van der Waals surface area contributed by atoms with Gasteiger partial charge < -0.3 is 10.1 Å². The van der Waals surface area contributed by atoms with Crippen molar-refractivity contribution < 1.29 is 4.74 Å². The maximum Gasteiger partial charge on any atom is 0.139 e. The number of halogens is 1. The van der Waals surface area contributed by atoms with Crippen molar-refractivity contribution in [1.82, 2.24) is 5.32 Å². The zero-order valence-electron chi connectivity index (χ0n) is 11.9. The van der Waals surface area contributed by atoms with Crippen molar-refractivity contribution in [3.63, 3.8) is 0 Å². The van der Waals surface area contributed by atoms with Gasteiger partial charge in [-0.15, -0.1) is 0 Å². The molecule has 0 bridgehead atoms. The van der Waals surface area contributed by atoms with Gasteiger partial charge in [-0.05, 0) is 36.7 Å². The van der Waals surface area contributed by atoms with Crippen molar-refractivity contribution in [2.45, 2.75) is 20.0 Å². The summed E-state index contributed by atoms with van der Waals surface area (Å²) in [6, 6.07) is 16.0. The van der Waals surface area contributed by atoms with Crippen LogP contribution in [0, 0.1) is 6.92 Å². The Kier molecular flexibility index (Phi) is 5.45. The Bertz CT molecular complexity index is 542. The van der Waals surface area contributed by atoms with E-state index in [2.05, 4.69) is 24.4 Å². The van der Waals surface area contributed by atoms with Gasteiger partial charge in [-0.1, -0.05) is 54.9 Å². The van der Waals surface area contributed by atoms with Crippen molar-refractivity contribution in [3.8, 4) is 5.75 Å². The average molecular weight is 290 g/mol. The molecule has 0 aliphatic heterocycles. The number of hydrogen-bond acceptors (Lipinski definition) is 2. The summed E-state index contributed by atoms with van der Waals surface area (Å²) in [7, 11) is 0. The second-order valence-electron chi connectivity index (χ2n) is 4.76. The van der Waals surface area contributed by atoms with Crippen LogP contribution < -0.4 is 10.1 Å². The highest BCUT2D eigenvalue weighted by Gasteiger charge is 2.14. The lowest BCUT2D eigenvalue weighted by atomic mass is 10.1.